The predicted octanol–water partition coefficient (Wildman–Crippen LogP) is 3.75. The molecule has 0 radical (unpaired) electrons. The van der Waals surface area contributed by atoms with Crippen molar-refractivity contribution in [1.29, 1.82) is 0 Å². The Hall–Kier alpha value is -3.04. The largest absolute Gasteiger partial charge is 0.493 e. The maximum Gasteiger partial charge on any atom is 0.307 e. The third-order valence-corrected chi connectivity index (χ3v) is 5.63. The Kier molecular flexibility index (Phi) is 6.63. The fourth-order valence-corrected chi connectivity index (χ4v) is 4.26. The first-order valence-electron chi connectivity index (χ1n) is 8.76. The summed E-state index contributed by atoms with van der Waals surface area (Å²) in [5.41, 5.74) is 1.92. The van der Waals surface area contributed by atoms with E-state index >= 15 is 0 Å². The van der Waals surface area contributed by atoms with Crippen molar-refractivity contribution in [1.82, 2.24) is 0 Å². The standard InChI is InChI=1S/C21H19NO6S2/c1-26-15-8-13(9-16(27-2)19(15)28-3)10-17-20(25)22(21(29)30-17)14-6-4-12(5-7-14)11-18(23)24/h4-10H,11H2,1-3H3,(H,23,24). The van der Waals surface area contributed by atoms with Gasteiger partial charge in [0.05, 0.1) is 38.3 Å². The number of ether oxygens (including phenoxy) is 3. The van der Waals surface area contributed by atoms with Crippen LogP contribution in [-0.2, 0) is 16.0 Å². The number of carbonyl (C=O) groups is 2. The van der Waals surface area contributed by atoms with Crippen LogP contribution in [0.5, 0.6) is 17.2 Å². The number of nitrogens with zero attached hydrogens (tertiary/aromatic N) is 1. The molecule has 2 aromatic rings. The summed E-state index contributed by atoms with van der Waals surface area (Å²) in [6, 6.07) is 10.2. The second-order valence-electron chi connectivity index (χ2n) is 6.21. The van der Waals surface area contributed by atoms with E-state index in [1.165, 1.54) is 38.0 Å². The Labute approximate surface area is 183 Å². The molecule has 0 atom stereocenters. The molecule has 1 saturated heterocycles. The molecular weight excluding hydrogens is 426 g/mol. The van der Waals surface area contributed by atoms with Crippen molar-refractivity contribution in [3.05, 3.63) is 52.4 Å². The fraction of sp³-hybridized carbons (Fsp3) is 0.190. The molecule has 1 fully saturated rings. The van der Waals surface area contributed by atoms with Gasteiger partial charge in [0.1, 0.15) is 0 Å². The zero-order valence-electron chi connectivity index (χ0n) is 16.5. The van der Waals surface area contributed by atoms with Crippen LogP contribution in [0.4, 0.5) is 5.69 Å². The lowest BCUT2D eigenvalue weighted by atomic mass is 10.1. The summed E-state index contributed by atoms with van der Waals surface area (Å²) in [7, 11) is 4.57. The van der Waals surface area contributed by atoms with Gasteiger partial charge in [-0.2, -0.15) is 0 Å². The lowest BCUT2D eigenvalue weighted by molar-refractivity contribution is -0.136. The lowest BCUT2D eigenvalue weighted by Gasteiger charge is -2.15. The number of carbonyl (C=O) groups excluding carboxylic acids is 1. The predicted molar refractivity (Wildman–Crippen MR) is 120 cm³/mol. The van der Waals surface area contributed by atoms with Gasteiger partial charge in [0.2, 0.25) is 5.75 Å². The number of carboxylic acids is 1. The highest BCUT2D eigenvalue weighted by Gasteiger charge is 2.33. The van der Waals surface area contributed by atoms with Crippen LogP contribution in [0.1, 0.15) is 11.1 Å². The van der Waals surface area contributed by atoms with Gasteiger partial charge in [0.25, 0.3) is 5.91 Å². The second-order valence-corrected chi connectivity index (χ2v) is 7.89. The SMILES string of the molecule is COc1cc(C=C2SC(=S)N(c3ccc(CC(=O)O)cc3)C2=O)cc(OC)c1OC. The number of hydrogen-bond acceptors (Lipinski definition) is 7. The zero-order valence-corrected chi connectivity index (χ0v) is 18.1. The van der Waals surface area contributed by atoms with E-state index in [-0.39, 0.29) is 12.3 Å². The summed E-state index contributed by atoms with van der Waals surface area (Å²) >= 11 is 6.58. The van der Waals surface area contributed by atoms with E-state index in [2.05, 4.69) is 0 Å². The highest BCUT2D eigenvalue weighted by atomic mass is 32.2. The second kappa shape index (κ2) is 9.19. The smallest absolute Gasteiger partial charge is 0.307 e. The number of amides is 1. The third-order valence-electron chi connectivity index (χ3n) is 4.33. The van der Waals surface area contributed by atoms with Crippen molar-refractivity contribution in [2.45, 2.75) is 6.42 Å². The summed E-state index contributed by atoms with van der Waals surface area (Å²) in [5.74, 6) is 0.248. The molecule has 1 N–H and O–H groups in total. The van der Waals surface area contributed by atoms with E-state index in [0.717, 1.165) is 0 Å². The van der Waals surface area contributed by atoms with E-state index in [9.17, 15) is 9.59 Å². The summed E-state index contributed by atoms with van der Waals surface area (Å²) in [5, 5.41) is 8.89. The topological polar surface area (TPSA) is 85.3 Å². The average molecular weight is 446 g/mol. The molecule has 0 saturated carbocycles. The highest BCUT2D eigenvalue weighted by molar-refractivity contribution is 8.27. The van der Waals surface area contributed by atoms with E-state index in [1.807, 2.05) is 0 Å². The van der Waals surface area contributed by atoms with Crippen LogP contribution in [0.2, 0.25) is 0 Å². The molecule has 1 aliphatic rings. The summed E-state index contributed by atoms with van der Waals surface area (Å²) in [6.07, 6.45) is 1.63. The first kappa shape index (κ1) is 21.7. The minimum atomic E-state index is -0.915. The van der Waals surface area contributed by atoms with Gasteiger partial charge in [0, 0.05) is 0 Å². The molecular formula is C21H19NO6S2. The Balaban J connectivity index is 1.91. The van der Waals surface area contributed by atoms with Crippen LogP contribution in [0.3, 0.4) is 0 Å². The molecule has 1 amide bonds. The Bertz CT molecular complexity index is 1010. The van der Waals surface area contributed by atoms with E-state index in [1.54, 1.807) is 42.5 Å². The van der Waals surface area contributed by atoms with Crippen LogP contribution >= 0.6 is 24.0 Å². The van der Waals surface area contributed by atoms with Crippen LogP contribution in [0.15, 0.2) is 41.3 Å². The molecule has 1 heterocycles. The van der Waals surface area contributed by atoms with Gasteiger partial charge >= 0.3 is 5.97 Å². The maximum absolute atomic E-state index is 13.0. The van der Waals surface area contributed by atoms with Crippen LogP contribution < -0.4 is 19.1 Å². The van der Waals surface area contributed by atoms with Gasteiger partial charge in [-0.25, -0.2) is 0 Å². The molecule has 1 aliphatic heterocycles. The Morgan fingerprint density at radius 2 is 1.70 bits per heavy atom. The van der Waals surface area contributed by atoms with Crippen molar-refractivity contribution in [3.63, 3.8) is 0 Å². The molecule has 0 aromatic heterocycles. The van der Waals surface area contributed by atoms with Gasteiger partial charge in [-0.3, -0.25) is 14.5 Å². The molecule has 0 unspecified atom stereocenters. The van der Waals surface area contributed by atoms with Gasteiger partial charge in [-0.1, -0.05) is 36.1 Å². The van der Waals surface area contributed by atoms with Gasteiger partial charge in [-0.15, -0.1) is 0 Å². The van der Waals surface area contributed by atoms with Crippen LogP contribution in [-0.4, -0.2) is 42.6 Å². The normalized spacial score (nSPS) is 14.9. The first-order valence-corrected chi connectivity index (χ1v) is 9.99. The number of rotatable bonds is 7. The molecule has 0 aliphatic carbocycles. The lowest BCUT2D eigenvalue weighted by Crippen LogP contribution is -2.27. The van der Waals surface area contributed by atoms with Gasteiger partial charge in [-0.05, 0) is 41.5 Å². The van der Waals surface area contributed by atoms with Crippen molar-refractivity contribution < 1.29 is 28.9 Å². The number of aliphatic carboxylic acids is 1. The minimum absolute atomic E-state index is 0.0836. The molecule has 0 spiro atoms. The monoisotopic (exact) mass is 445 g/mol. The quantitative estimate of drug-likeness (QED) is 0.510. The average Bonchev–Trinajstić information content (AvgIpc) is 3.00. The number of benzene rings is 2. The van der Waals surface area contributed by atoms with E-state index < -0.39 is 5.97 Å². The molecule has 2 aromatic carbocycles. The third kappa shape index (κ3) is 4.42. The Morgan fingerprint density at radius 3 is 2.20 bits per heavy atom. The minimum Gasteiger partial charge on any atom is -0.493 e. The van der Waals surface area contributed by atoms with Crippen molar-refractivity contribution in [2.75, 3.05) is 26.2 Å². The maximum atomic E-state index is 13.0. The van der Waals surface area contributed by atoms with Crippen molar-refractivity contribution in [3.8, 4) is 17.2 Å². The number of carboxylic acid groups (broad SMARTS) is 1. The van der Waals surface area contributed by atoms with E-state index in [4.69, 9.17) is 31.5 Å². The number of methoxy groups -OCH3 is 3. The summed E-state index contributed by atoms with van der Waals surface area (Å²) in [4.78, 5) is 25.7. The fourth-order valence-electron chi connectivity index (χ4n) is 2.96. The molecule has 156 valence electrons. The van der Waals surface area contributed by atoms with Crippen molar-refractivity contribution in [2.24, 2.45) is 0 Å². The molecule has 9 heteroatoms. The summed E-state index contributed by atoms with van der Waals surface area (Å²) < 4.78 is 16.4. The molecule has 30 heavy (non-hydrogen) atoms. The van der Waals surface area contributed by atoms with Crippen molar-refractivity contribution >= 4 is 51.9 Å². The van der Waals surface area contributed by atoms with Gasteiger partial charge in [0.15, 0.2) is 15.8 Å². The number of thioether (sulfide) groups is 1. The number of thiocarbonyl (C=S) groups is 1. The first-order chi connectivity index (χ1) is 14.4. The Morgan fingerprint density at radius 1 is 1.10 bits per heavy atom. The molecule has 0 bridgehead atoms. The van der Waals surface area contributed by atoms with Crippen LogP contribution in [0, 0.1) is 0 Å². The summed E-state index contributed by atoms with van der Waals surface area (Å²) in [6.45, 7) is 0. The molecule has 7 nitrogen and oxygen atoms in total. The molecule has 3 rings (SSSR count). The van der Waals surface area contributed by atoms with Crippen LogP contribution in [0.25, 0.3) is 6.08 Å². The number of hydrogen-bond donors (Lipinski definition) is 1. The van der Waals surface area contributed by atoms with E-state index in [0.29, 0.717) is 43.3 Å². The zero-order chi connectivity index (χ0) is 21.8. The van der Waals surface area contributed by atoms with Gasteiger partial charge < -0.3 is 19.3 Å². The highest BCUT2D eigenvalue weighted by Crippen LogP contribution is 2.41. The number of anilines is 1.